The number of rotatable bonds is 4. The highest BCUT2D eigenvalue weighted by atomic mass is 19.1. The van der Waals surface area contributed by atoms with E-state index in [0.29, 0.717) is 6.42 Å². The van der Waals surface area contributed by atoms with Gasteiger partial charge in [-0.1, -0.05) is 13.0 Å². The molecule has 0 saturated heterocycles. The number of aromatic nitrogens is 2. The third kappa shape index (κ3) is 3.01. The topological polar surface area (TPSA) is 43.8 Å². The summed E-state index contributed by atoms with van der Waals surface area (Å²) in [5.74, 6) is -0.220. The third-order valence-electron chi connectivity index (χ3n) is 3.45. The molecule has 0 saturated carbocycles. The maximum atomic E-state index is 13.1. The van der Waals surface area contributed by atoms with Gasteiger partial charge < -0.3 is 5.73 Å². The summed E-state index contributed by atoms with van der Waals surface area (Å²) < 4.78 is 15.0. The van der Waals surface area contributed by atoms with Crippen molar-refractivity contribution >= 4 is 0 Å². The summed E-state index contributed by atoms with van der Waals surface area (Å²) in [6, 6.07) is 6.70. The molecule has 1 atom stereocenters. The van der Waals surface area contributed by atoms with E-state index >= 15 is 0 Å². The molecule has 0 aliphatic heterocycles. The lowest BCUT2D eigenvalue weighted by Crippen LogP contribution is -2.16. The number of aryl methyl sites for hydroxylation is 3. The van der Waals surface area contributed by atoms with Crippen LogP contribution in [0.15, 0.2) is 24.3 Å². The molecule has 1 aromatic heterocycles. The molecule has 1 heterocycles. The highest BCUT2D eigenvalue weighted by Crippen LogP contribution is 2.20. The molecule has 4 heteroatoms. The van der Waals surface area contributed by atoms with Crippen LogP contribution in [-0.2, 0) is 19.9 Å². The highest BCUT2D eigenvalue weighted by molar-refractivity contribution is 5.30. The zero-order chi connectivity index (χ0) is 14.0. The van der Waals surface area contributed by atoms with Gasteiger partial charge in [0.05, 0.1) is 5.69 Å². The minimum absolute atomic E-state index is 0.138. The largest absolute Gasteiger partial charge is 0.324 e. The summed E-state index contributed by atoms with van der Waals surface area (Å²) >= 11 is 0. The second-order valence-corrected chi connectivity index (χ2v) is 4.92. The molecule has 3 nitrogen and oxygen atoms in total. The number of hydrogen-bond acceptors (Lipinski definition) is 2. The summed E-state index contributed by atoms with van der Waals surface area (Å²) in [5, 5.41) is 4.41. The van der Waals surface area contributed by atoms with Crippen molar-refractivity contribution < 1.29 is 4.39 Å². The summed E-state index contributed by atoms with van der Waals surface area (Å²) in [7, 11) is 1.93. The molecule has 2 rings (SSSR count). The first-order valence-electron chi connectivity index (χ1n) is 6.54. The predicted molar refractivity (Wildman–Crippen MR) is 74.4 cm³/mol. The highest BCUT2D eigenvalue weighted by Gasteiger charge is 2.13. The number of nitrogens with two attached hydrogens (primary N) is 1. The van der Waals surface area contributed by atoms with E-state index in [2.05, 4.69) is 18.1 Å². The number of nitrogens with zero attached hydrogens (tertiary/aromatic N) is 2. The standard InChI is InChI=1S/C15H20FN3/c1-4-12-8-13(19(3)18-12)9-15(17)14-6-5-11(16)7-10(14)2/h5-8,15H,4,9,17H2,1-3H3. The Morgan fingerprint density at radius 2 is 2.11 bits per heavy atom. The summed E-state index contributed by atoms with van der Waals surface area (Å²) in [6.07, 6.45) is 1.62. The van der Waals surface area contributed by atoms with Gasteiger partial charge in [-0.05, 0) is 42.7 Å². The Labute approximate surface area is 113 Å². The Bertz CT molecular complexity index is 575. The van der Waals surface area contributed by atoms with Crippen LogP contribution in [0.2, 0.25) is 0 Å². The molecule has 0 aliphatic carbocycles. The van der Waals surface area contributed by atoms with E-state index in [1.807, 2.05) is 18.7 Å². The van der Waals surface area contributed by atoms with Gasteiger partial charge in [0, 0.05) is 25.2 Å². The monoisotopic (exact) mass is 261 g/mol. The Morgan fingerprint density at radius 3 is 2.68 bits per heavy atom. The fourth-order valence-corrected chi connectivity index (χ4v) is 2.33. The average molecular weight is 261 g/mol. The van der Waals surface area contributed by atoms with Crippen molar-refractivity contribution in [1.82, 2.24) is 9.78 Å². The van der Waals surface area contributed by atoms with Gasteiger partial charge in [0.1, 0.15) is 5.82 Å². The van der Waals surface area contributed by atoms with Crippen molar-refractivity contribution in [2.24, 2.45) is 12.8 Å². The average Bonchev–Trinajstić information content (AvgIpc) is 2.70. The molecule has 2 N–H and O–H groups in total. The Hall–Kier alpha value is -1.68. The van der Waals surface area contributed by atoms with Crippen molar-refractivity contribution in [1.29, 1.82) is 0 Å². The second-order valence-electron chi connectivity index (χ2n) is 4.92. The first kappa shape index (κ1) is 13.7. The van der Waals surface area contributed by atoms with Gasteiger partial charge in [0.25, 0.3) is 0 Å². The minimum atomic E-state index is -0.220. The third-order valence-corrected chi connectivity index (χ3v) is 3.45. The van der Waals surface area contributed by atoms with E-state index in [4.69, 9.17) is 5.73 Å². The van der Waals surface area contributed by atoms with Crippen LogP contribution in [-0.4, -0.2) is 9.78 Å². The van der Waals surface area contributed by atoms with E-state index < -0.39 is 0 Å². The molecule has 1 aromatic carbocycles. The van der Waals surface area contributed by atoms with E-state index in [-0.39, 0.29) is 11.9 Å². The van der Waals surface area contributed by atoms with Crippen molar-refractivity contribution in [2.75, 3.05) is 0 Å². The summed E-state index contributed by atoms with van der Waals surface area (Å²) in [6.45, 7) is 3.97. The lowest BCUT2D eigenvalue weighted by Gasteiger charge is -2.14. The van der Waals surface area contributed by atoms with Gasteiger partial charge >= 0.3 is 0 Å². The second kappa shape index (κ2) is 5.53. The van der Waals surface area contributed by atoms with Crippen molar-refractivity contribution in [3.8, 4) is 0 Å². The van der Waals surface area contributed by atoms with Gasteiger partial charge in [-0.15, -0.1) is 0 Å². The summed E-state index contributed by atoms with van der Waals surface area (Å²) in [5.41, 5.74) is 10.3. The predicted octanol–water partition coefficient (Wildman–Crippen LogP) is 2.67. The lowest BCUT2D eigenvalue weighted by atomic mass is 9.98. The van der Waals surface area contributed by atoms with Crippen LogP contribution in [0.4, 0.5) is 4.39 Å². The van der Waals surface area contributed by atoms with Crippen molar-refractivity contribution in [2.45, 2.75) is 32.7 Å². The maximum Gasteiger partial charge on any atom is 0.123 e. The molecule has 2 aromatic rings. The van der Waals surface area contributed by atoms with Crippen molar-refractivity contribution in [3.63, 3.8) is 0 Å². The Morgan fingerprint density at radius 1 is 1.37 bits per heavy atom. The summed E-state index contributed by atoms with van der Waals surface area (Å²) in [4.78, 5) is 0. The fraction of sp³-hybridized carbons (Fsp3) is 0.400. The van der Waals surface area contributed by atoms with Crippen LogP contribution in [0.5, 0.6) is 0 Å². The van der Waals surface area contributed by atoms with Gasteiger partial charge in [0.15, 0.2) is 0 Å². The molecule has 0 radical (unpaired) electrons. The fourth-order valence-electron chi connectivity index (χ4n) is 2.33. The molecule has 0 fully saturated rings. The van der Waals surface area contributed by atoms with E-state index in [9.17, 15) is 4.39 Å². The van der Waals surface area contributed by atoms with Crippen molar-refractivity contribution in [3.05, 3.63) is 52.6 Å². The van der Waals surface area contributed by atoms with Gasteiger partial charge in [0.2, 0.25) is 0 Å². The molecular weight excluding hydrogens is 241 g/mol. The lowest BCUT2D eigenvalue weighted by molar-refractivity contribution is 0.616. The van der Waals surface area contributed by atoms with Gasteiger partial charge in [-0.3, -0.25) is 4.68 Å². The molecule has 102 valence electrons. The quantitative estimate of drug-likeness (QED) is 0.919. The van der Waals surface area contributed by atoms with E-state index in [0.717, 1.165) is 28.9 Å². The molecular formula is C15H20FN3. The molecule has 0 bridgehead atoms. The Balaban J connectivity index is 2.20. The normalized spacial score (nSPS) is 12.7. The van der Waals surface area contributed by atoms with E-state index in [1.54, 1.807) is 6.07 Å². The first-order valence-corrected chi connectivity index (χ1v) is 6.54. The van der Waals surface area contributed by atoms with Crippen LogP contribution in [0.25, 0.3) is 0 Å². The van der Waals surface area contributed by atoms with Crippen LogP contribution < -0.4 is 5.73 Å². The maximum absolute atomic E-state index is 13.1. The zero-order valence-electron chi connectivity index (χ0n) is 11.7. The van der Waals surface area contributed by atoms with Crippen LogP contribution in [0.3, 0.4) is 0 Å². The smallest absolute Gasteiger partial charge is 0.123 e. The minimum Gasteiger partial charge on any atom is -0.324 e. The molecule has 0 spiro atoms. The SMILES string of the molecule is CCc1cc(CC(N)c2ccc(F)cc2C)n(C)n1. The first-order chi connectivity index (χ1) is 9.01. The number of hydrogen-bond donors (Lipinski definition) is 1. The number of benzene rings is 1. The Kier molecular flexibility index (Phi) is 4.00. The van der Waals surface area contributed by atoms with Crippen LogP contribution >= 0.6 is 0 Å². The van der Waals surface area contributed by atoms with Crippen LogP contribution in [0, 0.1) is 12.7 Å². The zero-order valence-corrected chi connectivity index (χ0v) is 11.7. The van der Waals surface area contributed by atoms with Gasteiger partial charge in [-0.25, -0.2) is 4.39 Å². The number of halogens is 1. The molecule has 0 amide bonds. The van der Waals surface area contributed by atoms with Crippen LogP contribution in [0.1, 0.15) is 35.5 Å². The van der Waals surface area contributed by atoms with Gasteiger partial charge in [-0.2, -0.15) is 5.10 Å². The molecule has 19 heavy (non-hydrogen) atoms. The molecule has 1 unspecified atom stereocenters. The molecule has 0 aliphatic rings. The van der Waals surface area contributed by atoms with E-state index in [1.165, 1.54) is 12.1 Å².